The van der Waals surface area contributed by atoms with Gasteiger partial charge in [-0.2, -0.15) is 0 Å². The maximum absolute atomic E-state index is 14.4. The first-order valence-electron chi connectivity index (χ1n) is 14.5. The van der Waals surface area contributed by atoms with Gasteiger partial charge < -0.3 is 24.5 Å². The third-order valence-corrected chi connectivity index (χ3v) is 8.65. The van der Waals surface area contributed by atoms with Crippen LogP contribution in [0.15, 0.2) is 86.0 Å². The number of ether oxygens (including phenoxy) is 1. The standard InChI is InChI=1S/C33H39N3O5/c1-3-19-34(23-24-13-7-5-8-14-24)32(40)29-33-18-17-26(41-33)27(28(33)31(39)36(29)21-11-12-22-37)30(38)35(20-4-2)25-15-9-6-10-16-25/h3-10,13-16,26-29,37H,1-2,11-12,17-23H2/t26-,27+,28+,29?,33?/m1/s1. The van der Waals surface area contributed by atoms with E-state index in [0.29, 0.717) is 51.9 Å². The molecule has 216 valence electrons. The second kappa shape index (κ2) is 12.4. The number of rotatable bonds is 13. The lowest BCUT2D eigenvalue weighted by Crippen LogP contribution is -2.56. The van der Waals surface area contributed by atoms with Crippen molar-refractivity contribution < 1.29 is 24.2 Å². The molecular weight excluding hydrogens is 518 g/mol. The molecule has 3 amide bonds. The van der Waals surface area contributed by atoms with Crippen LogP contribution in [0, 0.1) is 11.8 Å². The van der Waals surface area contributed by atoms with E-state index in [1.807, 2.05) is 60.7 Å². The monoisotopic (exact) mass is 557 g/mol. The molecular formula is C33H39N3O5. The molecule has 5 atom stereocenters. The van der Waals surface area contributed by atoms with Gasteiger partial charge >= 0.3 is 0 Å². The average Bonchev–Trinajstić information content (AvgIpc) is 3.63. The number of aliphatic hydroxyl groups is 1. The number of unbranched alkanes of at least 4 members (excludes halogenated alkanes) is 1. The summed E-state index contributed by atoms with van der Waals surface area (Å²) in [7, 11) is 0. The van der Waals surface area contributed by atoms with E-state index in [2.05, 4.69) is 13.2 Å². The van der Waals surface area contributed by atoms with Crippen molar-refractivity contribution in [2.45, 2.75) is 50.0 Å². The van der Waals surface area contributed by atoms with Crippen LogP contribution in [0.4, 0.5) is 5.69 Å². The van der Waals surface area contributed by atoms with E-state index in [0.717, 1.165) is 11.3 Å². The number of anilines is 1. The molecule has 2 aromatic rings. The molecule has 2 aromatic carbocycles. The maximum atomic E-state index is 14.4. The van der Waals surface area contributed by atoms with Gasteiger partial charge in [0.15, 0.2) is 0 Å². The zero-order chi connectivity index (χ0) is 29.0. The van der Waals surface area contributed by atoms with Crippen molar-refractivity contribution in [3.8, 4) is 0 Å². The first-order valence-corrected chi connectivity index (χ1v) is 14.5. The Balaban J connectivity index is 1.51. The molecule has 1 spiro atoms. The molecule has 0 aromatic heterocycles. The van der Waals surface area contributed by atoms with Gasteiger partial charge in [0.25, 0.3) is 0 Å². The van der Waals surface area contributed by atoms with Gasteiger partial charge in [-0.15, -0.1) is 13.2 Å². The van der Waals surface area contributed by atoms with Crippen LogP contribution in [0.3, 0.4) is 0 Å². The Morgan fingerprint density at radius 1 is 1.00 bits per heavy atom. The van der Waals surface area contributed by atoms with Crippen LogP contribution >= 0.6 is 0 Å². The summed E-state index contributed by atoms with van der Waals surface area (Å²) in [4.78, 5) is 47.9. The highest BCUT2D eigenvalue weighted by molar-refractivity contribution is 6.03. The number of para-hydroxylation sites is 1. The largest absolute Gasteiger partial charge is 0.396 e. The van der Waals surface area contributed by atoms with Crippen LogP contribution in [-0.4, -0.2) is 76.6 Å². The molecule has 5 rings (SSSR count). The summed E-state index contributed by atoms with van der Waals surface area (Å²) in [5.41, 5.74) is 0.623. The lowest BCUT2D eigenvalue weighted by Gasteiger charge is -2.37. The Labute approximate surface area is 241 Å². The summed E-state index contributed by atoms with van der Waals surface area (Å²) >= 11 is 0. The maximum Gasteiger partial charge on any atom is 0.248 e. The quantitative estimate of drug-likeness (QED) is 0.301. The van der Waals surface area contributed by atoms with Crippen LogP contribution in [0.2, 0.25) is 0 Å². The van der Waals surface area contributed by atoms with Gasteiger partial charge in [0.2, 0.25) is 17.7 Å². The van der Waals surface area contributed by atoms with Crippen molar-refractivity contribution in [1.29, 1.82) is 0 Å². The Morgan fingerprint density at radius 3 is 2.34 bits per heavy atom. The van der Waals surface area contributed by atoms with E-state index in [4.69, 9.17) is 4.74 Å². The zero-order valence-corrected chi connectivity index (χ0v) is 23.4. The van der Waals surface area contributed by atoms with Gasteiger partial charge in [0, 0.05) is 38.5 Å². The molecule has 8 heteroatoms. The van der Waals surface area contributed by atoms with Crippen molar-refractivity contribution in [2.24, 2.45) is 11.8 Å². The molecule has 3 fully saturated rings. The highest BCUT2D eigenvalue weighted by atomic mass is 16.5. The summed E-state index contributed by atoms with van der Waals surface area (Å²) in [6.07, 6.45) is 5.12. The van der Waals surface area contributed by atoms with Gasteiger partial charge in [-0.25, -0.2) is 0 Å². The highest BCUT2D eigenvalue weighted by Gasteiger charge is 2.74. The number of nitrogens with zero attached hydrogens (tertiary/aromatic N) is 3. The molecule has 1 N–H and O–H groups in total. The number of amides is 3. The lowest BCUT2D eigenvalue weighted by molar-refractivity contribution is -0.148. The molecule has 0 aliphatic carbocycles. The van der Waals surface area contributed by atoms with Crippen LogP contribution in [-0.2, 0) is 25.7 Å². The van der Waals surface area contributed by atoms with E-state index in [-0.39, 0.29) is 24.3 Å². The van der Waals surface area contributed by atoms with E-state index < -0.39 is 29.6 Å². The fourth-order valence-corrected chi connectivity index (χ4v) is 6.95. The number of benzene rings is 2. The van der Waals surface area contributed by atoms with Crippen LogP contribution in [0.25, 0.3) is 0 Å². The second-order valence-corrected chi connectivity index (χ2v) is 11.1. The number of hydrogen-bond donors (Lipinski definition) is 1. The minimum absolute atomic E-state index is 0.000908. The van der Waals surface area contributed by atoms with Gasteiger partial charge in [0.05, 0.1) is 17.9 Å². The van der Waals surface area contributed by atoms with Gasteiger partial charge in [-0.05, 0) is 43.4 Å². The molecule has 0 radical (unpaired) electrons. The Morgan fingerprint density at radius 2 is 1.68 bits per heavy atom. The Bertz CT molecular complexity index is 1270. The average molecular weight is 558 g/mol. The predicted octanol–water partition coefficient (Wildman–Crippen LogP) is 3.57. The Kier molecular flexibility index (Phi) is 8.71. The topological polar surface area (TPSA) is 90.4 Å². The molecule has 8 nitrogen and oxygen atoms in total. The van der Waals surface area contributed by atoms with E-state index in [1.54, 1.807) is 26.9 Å². The van der Waals surface area contributed by atoms with Gasteiger partial charge in [0.1, 0.15) is 11.6 Å². The number of fused-ring (bicyclic) bond motifs is 1. The fourth-order valence-electron chi connectivity index (χ4n) is 6.95. The summed E-state index contributed by atoms with van der Waals surface area (Å²) in [5.74, 6) is -2.05. The predicted molar refractivity (Wildman–Crippen MR) is 157 cm³/mol. The molecule has 2 bridgehead atoms. The van der Waals surface area contributed by atoms with Crippen molar-refractivity contribution in [2.75, 3.05) is 31.1 Å². The molecule has 3 heterocycles. The number of aliphatic hydroxyl groups excluding tert-OH is 1. The normalized spacial score (nSPS) is 26.1. The first kappa shape index (κ1) is 28.8. The molecule has 2 unspecified atom stereocenters. The highest BCUT2D eigenvalue weighted by Crippen LogP contribution is 2.59. The third kappa shape index (κ3) is 5.22. The van der Waals surface area contributed by atoms with Crippen molar-refractivity contribution in [1.82, 2.24) is 9.80 Å². The number of likely N-dealkylation sites (tertiary alicyclic amines) is 1. The summed E-state index contributed by atoms with van der Waals surface area (Å²) in [6, 6.07) is 18.2. The van der Waals surface area contributed by atoms with Gasteiger partial charge in [-0.3, -0.25) is 14.4 Å². The third-order valence-electron chi connectivity index (χ3n) is 8.65. The van der Waals surface area contributed by atoms with Gasteiger partial charge in [-0.1, -0.05) is 60.7 Å². The lowest BCUT2D eigenvalue weighted by atomic mass is 9.70. The molecule has 3 aliphatic heterocycles. The number of carbonyl (C=O) groups excluding carboxylic acids is 3. The van der Waals surface area contributed by atoms with Crippen molar-refractivity contribution in [3.05, 3.63) is 91.5 Å². The van der Waals surface area contributed by atoms with E-state index in [9.17, 15) is 19.5 Å². The summed E-state index contributed by atoms with van der Waals surface area (Å²) < 4.78 is 6.64. The van der Waals surface area contributed by atoms with E-state index >= 15 is 0 Å². The molecule has 41 heavy (non-hydrogen) atoms. The Hall–Kier alpha value is -3.75. The zero-order valence-electron chi connectivity index (χ0n) is 23.4. The van der Waals surface area contributed by atoms with Crippen LogP contribution in [0.1, 0.15) is 31.2 Å². The summed E-state index contributed by atoms with van der Waals surface area (Å²) in [6.45, 7) is 9.01. The molecule has 0 saturated carbocycles. The molecule has 3 saturated heterocycles. The first-order chi connectivity index (χ1) is 20.0. The van der Waals surface area contributed by atoms with Crippen LogP contribution in [0.5, 0.6) is 0 Å². The van der Waals surface area contributed by atoms with Crippen molar-refractivity contribution in [3.63, 3.8) is 0 Å². The molecule has 3 aliphatic rings. The van der Waals surface area contributed by atoms with Crippen LogP contribution < -0.4 is 4.90 Å². The van der Waals surface area contributed by atoms with Crippen molar-refractivity contribution >= 4 is 23.4 Å². The van der Waals surface area contributed by atoms with E-state index in [1.165, 1.54) is 0 Å². The minimum atomic E-state index is -1.08. The number of carbonyl (C=O) groups is 3. The minimum Gasteiger partial charge on any atom is -0.396 e. The SMILES string of the molecule is C=CCN(Cc1ccccc1)C(=O)C1N(CCCCO)C(=O)[C@@H]2[C@@H](C(=O)N(CC=C)c3ccccc3)[C@H]3CCC12O3. The fraction of sp³-hybridized carbons (Fsp3) is 0.424. The summed E-state index contributed by atoms with van der Waals surface area (Å²) in [5, 5.41) is 9.43. The smallest absolute Gasteiger partial charge is 0.248 e. The number of hydrogen-bond acceptors (Lipinski definition) is 5. The second-order valence-electron chi connectivity index (χ2n) is 11.1.